The average molecular weight is 1080 g/mol. The van der Waals surface area contributed by atoms with Crippen LogP contribution in [0.4, 0.5) is 9.59 Å². The molecule has 0 aliphatic carbocycles. The molecule has 4 aromatic carbocycles. The highest BCUT2D eigenvalue weighted by Crippen LogP contribution is 2.25. The molecule has 6 rings (SSSR count). The fourth-order valence-electron chi connectivity index (χ4n) is 9.01. The van der Waals surface area contributed by atoms with Gasteiger partial charge in [0.1, 0.15) is 46.3 Å². The lowest BCUT2D eigenvalue weighted by atomic mass is 9.92. The van der Waals surface area contributed by atoms with Crippen LogP contribution in [0, 0.1) is 33.5 Å². The number of benzene rings is 4. The molecular weight excluding hydrogens is 989 g/mol. The number of carbonyl (C=O) groups excluding carboxylic acids is 2. The zero-order chi connectivity index (χ0) is 55.7. The summed E-state index contributed by atoms with van der Waals surface area (Å²) in [6, 6.07) is 29.1. The number of nitrogens with zero attached hydrogens (tertiary/aromatic N) is 2. The summed E-state index contributed by atoms with van der Waals surface area (Å²) < 4.78 is 33.5. The van der Waals surface area contributed by atoms with Crippen molar-refractivity contribution >= 4 is 35.5 Å². The molecule has 2 amide bonds. The molecular formula is C60H86N10O8. The van der Waals surface area contributed by atoms with E-state index in [0.29, 0.717) is 50.1 Å². The third-order valence-corrected chi connectivity index (χ3v) is 13.8. The molecule has 2 saturated heterocycles. The number of unbranched alkanes of at least 4 members (excludes halogenated alkanes) is 2. The largest absolute Gasteiger partial charge is 0.494 e. The Morgan fingerprint density at radius 1 is 0.449 bits per heavy atom. The lowest BCUT2D eigenvalue weighted by Crippen LogP contribution is -2.35. The molecule has 2 heterocycles. The lowest BCUT2D eigenvalue weighted by Gasteiger charge is -2.32. The number of carbonyl (C=O) groups is 2. The van der Waals surface area contributed by atoms with Gasteiger partial charge in [-0.3, -0.25) is 32.3 Å². The molecule has 424 valence electrons. The third kappa shape index (κ3) is 24.0. The van der Waals surface area contributed by atoms with Crippen LogP contribution in [0.5, 0.6) is 23.0 Å². The number of amides is 2. The van der Waals surface area contributed by atoms with Crippen molar-refractivity contribution in [2.45, 2.75) is 104 Å². The van der Waals surface area contributed by atoms with Gasteiger partial charge in [0, 0.05) is 35.3 Å². The Hall–Kier alpha value is -7.18. The van der Waals surface area contributed by atoms with Gasteiger partial charge in [-0.2, -0.15) is 0 Å². The van der Waals surface area contributed by atoms with E-state index >= 15 is 0 Å². The van der Waals surface area contributed by atoms with Gasteiger partial charge in [0.25, 0.3) is 0 Å². The number of nitrogens with one attached hydrogen (secondary N) is 6. The van der Waals surface area contributed by atoms with E-state index in [1.165, 1.54) is 32.1 Å². The van der Waals surface area contributed by atoms with Crippen molar-refractivity contribution in [2.75, 3.05) is 78.9 Å². The predicted molar refractivity (Wildman–Crippen MR) is 308 cm³/mol. The summed E-state index contributed by atoms with van der Waals surface area (Å²) in [5.74, 6) is 4.83. The predicted octanol–water partition coefficient (Wildman–Crippen LogP) is 10.3. The van der Waals surface area contributed by atoms with Gasteiger partial charge in [0.15, 0.2) is 0 Å². The molecule has 10 N–H and O–H groups in total. The second-order valence-corrected chi connectivity index (χ2v) is 19.9. The van der Waals surface area contributed by atoms with Gasteiger partial charge in [-0.05, 0) is 212 Å². The van der Waals surface area contributed by atoms with E-state index < -0.39 is 12.2 Å². The molecule has 2 aliphatic heterocycles. The quantitative estimate of drug-likeness (QED) is 0.0138. The second kappa shape index (κ2) is 35.3. The summed E-state index contributed by atoms with van der Waals surface area (Å²) in [7, 11) is 0. The van der Waals surface area contributed by atoms with Crippen LogP contribution in [0.15, 0.2) is 97.1 Å². The Labute approximate surface area is 462 Å². The number of nitrogen functional groups attached to an aromatic ring is 2. The Morgan fingerprint density at radius 2 is 0.744 bits per heavy atom. The fraction of sp³-hybridized carbons (Fsp3) is 0.500. The number of amidine groups is 4. The summed E-state index contributed by atoms with van der Waals surface area (Å²) in [6.45, 7) is 14.0. The minimum atomic E-state index is -0.604. The Morgan fingerprint density at radius 3 is 1.04 bits per heavy atom. The lowest BCUT2D eigenvalue weighted by molar-refractivity contribution is 0.149. The molecule has 0 spiro atoms. The average Bonchev–Trinajstić information content (AvgIpc) is 3.45. The van der Waals surface area contributed by atoms with E-state index in [4.69, 9.17) is 61.5 Å². The van der Waals surface area contributed by atoms with Gasteiger partial charge >= 0.3 is 12.2 Å². The zero-order valence-corrected chi connectivity index (χ0v) is 46.1. The van der Waals surface area contributed by atoms with Crippen molar-refractivity contribution in [1.29, 1.82) is 21.6 Å². The van der Waals surface area contributed by atoms with Crippen LogP contribution in [-0.2, 0) is 9.47 Å². The van der Waals surface area contributed by atoms with Crippen LogP contribution in [0.3, 0.4) is 0 Å². The minimum Gasteiger partial charge on any atom is -0.494 e. The molecule has 0 atom stereocenters. The normalized spacial score (nSPS) is 14.0. The first-order valence-electron chi connectivity index (χ1n) is 28.0. The summed E-state index contributed by atoms with van der Waals surface area (Å²) in [5, 5.41) is 35.9. The van der Waals surface area contributed by atoms with Crippen LogP contribution < -0.4 is 41.0 Å². The van der Waals surface area contributed by atoms with Crippen molar-refractivity contribution in [3.8, 4) is 23.0 Å². The molecule has 0 radical (unpaired) electrons. The van der Waals surface area contributed by atoms with E-state index in [0.717, 1.165) is 144 Å². The second-order valence-electron chi connectivity index (χ2n) is 19.9. The smallest absolute Gasteiger partial charge is 0.412 e. The number of likely N-dealkylation sites (tertiary alicyclic amines) is 2. The minimum absolute atomic E-state index is 0.00501. The first-order chi connectivity index (χ1) is 37.9. The molecule has 2 aliphatic rings. The summed E-state index contributed by atoms with van der Waals surface area (Å²) >= 11 is 0. The van der Waals surface area contributed by atoms with E-state index in [1.54, 1.807) is 24.3 Å². The van der Waals surface area contributed by atoms with Crippen molar-refractivity contribution < 1.29 is 38.0 Å². The van der Waals surface area contributed by atoms with Crippen LogP contribution in [0.1, 0.15) is 126 Å². The van der Waals surface area contributed by atoms with Crippen LogP contribution in [-0.4, -0.2) is 124 Å². The Bertz CT molecular complexity index is 2240. The van der Waals surface area contributed by atoms with Crippen LogP contribution in [0.2, 0.25) is 0 Å². The maximum atomic E-state index is 11.7. The van der Waals surface area contributed by atoms with Crippen LogP contribution >= 0.6 is 0 Å². The van der Waals surface area contributed by atoms with E-state index in [2.05, 4.69) is 20.4 Å². The number of rotatable bonds is 30. The maximum Gasteiger partial charge on any atom is 0.412 e. The molecule has 0 saturated carbocycles. The highest BCUT2D eigenvalue weighted by molar-refractivity contribution is 6.05. The number of hydrogen-bond acceptors (Lipinski definition) is 14. The van der Waals surface area contributed by atoms with E-state index in [-0.39, 0.29) is 23.3 Å². The molecule has 78 heavy (non-hydrogen) atoms. The number of piperidine rings is 2. The van der Waals surface area contributed by atoms with Gasteiger partial charge in [0.2, 0.25) is 0 Å². The highest BCUT2D eigenvalue weighted by Gasteiger charge is 2.20. The van der Waals surface area contributed by atoms with E-state index in [9.17, 15) is 9.59 Å². The third-order valence-electron chi connectivity index (χ3n) is 13.8. The van der Waals surface area contributed by atoms with Crippen molar-refractivity contribution in [3.05, 3.63) is 119 Å². The SMILES string of the molecule is CCCCOC(=O)NC(=N)c1ccc(OCCCC2CCN(CCCOc3ccc(C(=N)NC(=O)OCCCC)cc3)CC2)cc1.N=C(N)c1ccc(OCCCC2CCN(CCCOc3ccc(C(=N)N)cc3)CC2)cc1. The Kier molecular flexibility index (Phi) is 27.9. The first-order valence-corrected chi connectivity index (χ1v) is 28.0. The molecule has 2 fully saturated rings. The summed E-state index contributed by atoms with van der Waals surface area (Å²) in [6.07, 6.45) is 13.5. The van der Waals surface area contributed by atoms with Gasteiger partial charge in [-0.25, -0.2) is 9.59 Å². The highest BCUT2D eigenvalue weighted by atomic mass is 16.6. The van der Waals surface area contributed by atoms with Crippen LogP contribution in [0.25, 0.3) is 0 Å². The van der Waals surface area contributed by atoms with Gasteiger partial charge in [-0.15, -0.1) is 0 Å². The number of ether oxygens (including phenoxy) is 6. The van der Waals surface area contributed by atoms with Gasteiger partial charge in [0.05, 0.1) is 39.6 Å². The monoisotopic (exact) mass is 1070 g/mol. The molecule has 0 aromatic heterocycles. The fourth-order valence-corrected chi connectivity index (χ4v) is 9.01. The topological polar surface area (TPSA) is 267 Å². The number of nitrogens with two attached hydrogens (primary N) is 2. The zero-order valence-electron chi connectivity index (χ0n) is 46.1. The molecule has 0 unspecified atom stereocenters. The standard InChI is InChI=1S/C35H51N5O6.C25H35N5O2/c1-3-5-23-45-34(41)38-32(36)28-10-14-30(15-11-28)43-25-7-9-27-18-21-40(22-19-27)20-8-26-44-31-16-12-29(13-17-31)33(37)39-35(42)46-24-6-4-2;26-24(27)20-4-8-22(9-5-20)31-17-1-3-19-12-15-30(16-13-19)14-2-18-32-23-10-6-21(7-11-23)25(28)29/h10-17,27H,3-9,18-26H2,1-2H3,(H2,36,38,41)(H2,37,39,42);4-11,19H,1-3,12-18H2,(H3,26,27)(H3,28,29). The molecule has 0 bridgehead atoms. The van der Waals surface area contributed by atoms with E-state index in [1.807, 2.05) is 86.6 Å². The maximum absolute atomic E-state index is 11.7. The Balaban J connectivity index is 0.000000306. The number of hydrogen-bond donors (Lipinski definition) is 8. The van der Waals surface area contributed by atoms with Crippen molar-refractivity contribution in [1.82, 2.24) is 20.4 Å². The molecule has 4 aromatic rings. The van der Waals surface area contributed by atoms with Crippen molar-refractivity contribution in [2.24, 2.45) is 23.3 Å². The van der Waals surface area contributed by atoms with Gasteiger partial charge < -0.3 is 49.7 Å². The summed E-state index contributed by atoms with van der Waals surface area (Å²) in [5.41, 5.74) is 13.6. The molecule has 18 nitrogen and oxygen atoms in total. The van der Waals surface area contributed by atoms with Gasteiger partial charge in [-0.1, -0.05) is 26.7 Å². The molecule has 18 heteroatoms. The first kappa shape index (κ1) is 61.7. The van der Waals surface area contributed by atoms with Crippen molar-refractivity contribution in [3.63, 3.8) is 0 Å². The number of alkyl carbamates (subject to hydrolysis) is 2. The summed E-state index contributed by atoms with van der Waals surface area (Å²) in [4.78, 5) is 28.5.